The summed E-state index contributed by atoms with van der Waals surface area (Å²) in [6.45, 7) is -0.0297. The summed E-state index contributed by atoms with van der Waals surface area (Å²) in [5.41, 5.74) is 0. The van der Waals surface area contributed by atoms with Gasteiger partial charge in [-0.25, -0.2) is 4.79 Å². The van der Waals surface area contributed by atoms with E-state index in [0.717, 1.165) is 0 Å². The zero-order valence-electron chi connectivity index (χ0n) is 9.50. The van der Waals surface area contributed by atoms with E-state index in [1.807, 2.05) is 5.32 Å². The Hall–Kier alpha value is -1.80. The van der Waals surface area contributed by atoms with Gasteiger partial charge in [0, 0.05) is 0 Å². The van der Waals surface area contributed by atoms with Crippen molar-refractivity contribution >= 4 is 17.8 Å². The number of aliphatic carboxylic acids is 1. The summed E-state index contributed by atoms with van der Waals surface area (Å²) in [4.78, 5) is 32.6. The molecule has 0 aliphatic rings. The van der Waals surface area contributed by atoms with Crippen LogP contribution in [0.25, 0.3) is 0 Å². The predicted octanol–water partition coefficient (Wildman–Crippen LogP) is 0.0344. The number of alkyl halides is 3. The topological polar surface area (TPSA) is 95.5 Å². The lowest BCUT2D eigenvalue weighted by atomic mass is 10.2. The summed E-state index contributed by atoms with van der Waals surface area (Å²) in [5.74, 6) is -3.34. The van der Waals surface area contributed by atoms with Crippen molar-refractivity contribution in [3.05, 3.63) is 0 Å². The molecular weight excluding hydrogens is 257 g/mol. The molecule has 0 bridgehead atoms. The lowest BCUT2D eigenvalue weighted by Crippen LogP contribution is -2.43. The van der Waals surface area contributed by atoms with E-state index in [-0.39, 0.29) is 6.42 Å². The molecule has 3 N–H and O–H groups in total. The highest BCUT2D eigenvalue weighted by molar-refractivity contribution is 5.98. The van der Waals surface area contributed by atoms with E-state index in [2.05, 4.69) is 0 Å². The fourth-order valence-corrected chi connectivity index (χ4v) is 0.991. The van der Waals surface area contributed by atoms with Crippen LogP contribution in [0.1, 0.15) is 19.8 Å². The van der Waals surface area contributed by atoms with Gasteiger partial charge in [0.1, 0.15) is 19.0 Å². The molecule has 0 spiro atoms. The number of rotatable bonds is 6. The number of hydrogen-bond acceptors (Lipinski definition) is 3. The summed E-state index contributed by atoms with van der Waals surface area (Å²) >= 11 is 0. The monoisotopic (exact) mass is 270 g/mol. The third-order valence-corrected chi connectivity index (χ3v) is 1.85. The Labute approximate surface area is 101 Å². The minimum Gasteiger partial charge on any atom is -0.480 e. The van der Waals surface area contributed by atoms with E-state index in [9.17, 15) is 27.6 Å². The Bertz CT molecular complexity index is 330. The molecule has 0 rings (SSSR count). The number of hydrogen-bond donors (Lipinski definition) is 3. The number of carbonyl (C=O) groups excluding carboxylic acids is 2. The number of carboxylic acid groups (broad SMARTS) is 1. The maximum Gasteiger partial charge on any atom is 0.405 e. The molecular formula is C9H13F3N2O4. The molecule has 0 aliphatic heterocycles. The third kappa shape index (κ3) is 7.47. The van der Waals surface area contributed by atoms with Crippen molar-refractivity contribution in [2.75, 3.05) is 6.54 Å². The number of carboxylic acids is 1. The molecule has 0 saturated carbocycles. The van der Waals surface area contributed by atoms with Crippen LogP contribution in [0.2, 0.25) is 0 Å². The molecule has 0 radical (unpaired) electrons. The standard InChI is InChI=1S/C9H13F3N2O4/c1-2-5(8(17)18)14-7(16)3-6(15)13-4-9(10,11)12/h5H,2-4H2,1H3,(H,13,15)(H,14,16)(H,17,18). The Morgan fingerprint density at radius 1 is 1.22 bits per heavy atom. The van der Waals surface area contributed by atoms with Crippen LogP contribution in [0.4, 0.5) is 13.2 Å². The van der Waals surface area contributed by atoms with Crippen LogP contribution in [-0.4, -0.2) is 41.7 Å². The van der Waals surface area contributed by atoms with Gasteiger partial charge in [0.05, 0.1) is 0 Å². The highest BCUT2D eigenvalue weighted by Gasteiger charge is 2.28. The van der Waals surface area contributed by atoms with Crippen molar-refractivity contribution in [3.63, 3.8) is 0 Å². The Morgan fingerprint density at radius 3 is 2.17 bits per heavy atom. The summed E-state index contributed by atoms with van der Waals surface area (Å²) in [6, 6.07) is -1.16. The summed E-state index contributed by atoms with van der Waals surface area (Å²) in [5, 5.41) is 12.1. The van der Waals surface area contributed by atoms with Gasteiger partial charge in [0.25, 0.3) is 0 Å². The number of nitrogens with one attached hydrogen (secondary N) is 2. The Balaban J connectivity index is 4.08. The van der Waals surface area contributed by atoms with E-state index in [0.29, 0.717) is 0 Å². The first kappa shape index (κ1) is 16.2. The maximum absolute atomic E-state index is 11.7. The van der Waals surface area contributed by atoms with Gasteiger partial charge in [-0.05, 0) is 6.42 Å². The minimum absolute atomic E-state index is 0.102. The van der Waals surface area contributed by atoms with Crippen LogP contribution >= 0.6 is 0 Å². The lowest BCUT2D eigenvalue weighted by molar-refractivity contribution is -0.144. The number of amides is 2. The molecule has 0 aromatic carbocycles. The fourth-order valence-electron chi connectivity index (χ4n) is 0.991. The number of halogens is 3. The van der Waals surface area contributed by atoms with Crippen molar-refractivity contribution in [3.8, 4) is 0 Å². The molecule has 9 heteroatoms. The van der Waals surface area contributed by atoms with E-state index >= 15 is 0 Å². The van der Waals surface area contributed by atoms with Gasteiger partial charge in [-0.3, -0.25) is 9.59 Å². The highest BCUT2D eigenvalue weighted by atomic mass is 19.4. The molecule has 18 heavy (non-hydrogen) atoms. The smallest absolute Gasteiger partial charge is 0.405 e. The van der Waals surface area contributed by atoms with Crippen LogP contribution in [0.5, 0.6) is 0 Å². The predicted molar refractivity (Wildman–Crippen MR) is 53.5 cm³/mol. The van der Waals surface area contributed by atoms with Gasteiger partial charge in [-0.15, -0.1) is 0 Å². The van der Waals surface area contributed by atoms with Gasteiger partial charge < -0.3 is 15.7 Å². The molecule has 6 nitrogen and oxygen atoms in total. The van der Waals surface area contributed by atoms with Crippen molar-refractivity contribution in [1.29, 1.82) is 0 Å². The van der Waals surface area contributed by atoms with Crippen LogP contribution in [0.3, 0.4) is 0 Å². The van der Waals surface area contributed by atoms with Gasteiger partial charge >= 0.3 is 12.1 Å². The maximum atomic E-state index is 11.7. The van der Waals surface area contributed by atoms with Crippen LogP contribution < -0.4 is 10.6 Å². The molecule has 0 heterocycles. The zero-order chi connectivity index (χ0) is 14.3. The van der Waals surface area contributed by atoms with Gasteiger partial charge in [-0.1, -0.05) is 6.92 Å². The highest BCUT2D eigenvalue weighted by Crippen LogP contribution is 2.12. The molecule has 0 aromatic rings. The molecule has 1 unspecified atom stereocenters. The van der Waals surface area contributed by atoms with Gasteiger partial charge in [-0.2, -0.15) is 13.2 Å². The van der Waals surface area contributed by atoms with Crippen molar-refractivity contribution in [2.45, 2.75) is 32.0 Å². The summed E-state index contributed by atoms with van der Waals surface area (Å²) in [7, 11) is 0. The molecule has 2 amide bonds. The molecule has 0 saturated heterocycles. The molecule has 0 fully saturated rings. The van der Waals surface area contributed by atoms with Crippen molar-refractivity contribution in [1.82, 2.24) is 10.6 Å². The minimum atomic E-state index is -4.56. The van der Waals surface area contributed by atoms with Gasteiger partial charge in [0.15, 0.2) is 0 Å². The summed E-state index contributed by atoms with van der Waals surface area (Å²) < 4.78 is 35.2. The SMILES string of the molecule is CCC(NC(=O)CC(=O)NCC(F)(F)F)C(=O)O. The van der Waals surface area contributed by atoms with E-state index in [4.69, 9.17) is 5.11 Å². The number of carbonyl (C=O) groups is 3. The van der Waals surface area contributed by atoms with Gasteiger partial charge in [0.2, 0.25) is 11.8 Å². The molecule has 104 valence electrons. The average molecular weight is 270 g/mol. The first-order valence-corrected chi connectivity index (χ1v) is 5.01. The second-order valence-corrected chi connectivity index (χ2v) is 3.44. The zero-order valence-corrected chi connectivity index (χ0v) is 9.50. The average Bonchev–Trinajstić information content (AvgIpc) is 2.21. The van der Waals surface area contributed by atoms with Crippen molar-refractivity contribution < 1.29 is 32.7 Å². The fraction of sp³-hybridized carbons (Fsp3) is 0.667. The van der Waals surface area contributed by atoms with E-state index in [1.54, 1.807) is 0 Å². The van der Waals surface area contributed by atoms with Crippen LogP contribution in [-0.2, 0) is 14.4 Å². The first-order chi connectivity index (χ1) is 8.15. The lowest BCUT2D eigenvalue weighted by Gasteiger charge is -2.12. The second-order valence-electron chi connectivity index (χ2n) is 3.44. The van der Waals surface area contributed by atoms with Crippen LogP contribution in [0.15, 0.2) is 0 Å². The van der Waals surface area contributed by atoms with Crippen LogP contribution in [0, 0.1) is 0 Å². The summed E-state index contributed by atoms with van der Waals surface area (Å²) in [6.07, 6.45) is -5.30. The normalized spacial score (nSPS) is 12.7. The quantitative estimate of drug-likeness (QED) is 0.593. The van der Waals surface area contributed by atoms with Crippen molar-refractivity contribution in [2.24, 2.45) is 0 Å². The second kappa shape index (κ2) is 6.82. The Kier molecular flexibility index (Phi) is 6.14. The molecule has 0 aromatic heterocycles. The third-order valence-electron chi connectivity index (χ3n) is 1.85. The molecule has 1 atom stereocenters. The van der Waals surface area contributed by atoms with E-state index in [1.165, 1.54) is 12.2 Å². The largest absolute Gasteiger partial charge is 0.480 e. The van der Waals surface area contributed by atoms with E-state index < -0.39 is 43.0 Å². The Morgan fingerprint density at radius 2 is 1.78 bits per heavy atom. The molecule has 0 aliphatic carbocycles. The first-order valence-electron chi connectivity index (χ1n) is 5.01.